The van der Waals surface area contributed by atoms with Crippen molar-refractivity contribution in [1.82, 2.24) is 0 Å². The van der Waals surface area contributed by atoms with Gasteiger partial charge < -0.3 is 4.74 Å². The van der Waals surface area contributed by atoms with Crippen LogP contribution in [0.3, 0.4) is 0 Å². The first kappa shape index (κ1) is 16.0. The van der Waals surface area contributed by atoms with Crippen LogP contribution in [0.15, 0.2) is 0 Å². The number of hydrogen-bond acceptors (Lipinski definition) is 1. The Kier molecular flexibility index (Phi) is 35.8. The summed E-state index contributed by atoms with van der Waals surface area (Å²) in [4.78, 5) is 0. The molecule has 0 saturated heterocycles. The van der Waals surface area contributed by atoms with E-state index < -0.39 is 0 Å². The van der Waals surface area contributed by atoms with Crippen molar-refractivity contribution in [3.8, 4) is 0 Å². The first-order valence-electron chi connectivity index (χ1n) is 1.99. The Bertz CT molecular complexity index is 17.2. The van der Waals surface area contributed by atoms with Crippen LogP contribution in [-0.4, -0.2) is 72.3 Å². The molecule has 0 aliphatic rings. The topological polar surface area (TPSA) is 9.23 Å². The van der Waals surface area contributed by atoms with Gasteiger partial charge in [0.2, 0.25) is 0 Å². The molecule has 7 heavy (non-hydrogen) atoms. The van der Waals surface area contributed by atoms with Gasteiger partial charge in [-0.1, -0.05) is 0 Å². The molecule has 3 heteroatoms. The molecular formula is C4H10Na2O. The SMILES string of the molecule is CCOCC.[Na].[Na]. The Labute approximate surface area is 89.8 Å². The zero-order valence-electron chi connectivity index (χ0n) is 5.82. The van der Waals surface area contributed by atoms with E-state index in [0.29, 0.717) is 0 Å². The van der Waals surface area contributed by atoms with Crippen LogP contribution in [0, 0.1) is 0 Å². The van der Waals surface area contributed by atoms with E-state index in [1.165, 1.54) is 0 Å². The van der Waals surface area contributed by atoms with Crippen LogP contribution in [0.2, 0.25) is 0 Å². The fraction of sp³-hybridized carbons (Fsp3) is 1.00. The third-order valence-corrected chi connectivity index (χ3v) is 0.408. The second-order valence-electron chi connectivity index (χ2n) is 0.781. The fourth-order valence-electron chi connectivity index (χ4n) is 0.204. The molecule has 0 saturated carbocycles. The molecular weight excluding hydrogens is 110 g/mol. The van der Waals surface area contributed by atoms with E-state index in [2.05, 4.69) is 0 Å². The summed E-state index contributed by atoms with van der Waals surface area (Å²) >= 11 is 0. The molecule has 0 rings (SSSR count). The minimum absolute atomic E-state index is 0. The average molecular weight is 120 g/mol. The molecule has 2 radical (unpaired) electrons. The second kappa shape index (κ2) is 15.7. The van der Waals surface area contributed by atoms with Gasteiger partial charge in [0.05, 0.1) is 0 Å². The smallest absolute Gasteiger partial charge is 0.0437 e. The number of ether oxygens (including phenoxy) is 1. The van der Waals surface area contributed by atoms with E-state index >= 15 is 0 Å². The van der Waals surface area contributed by atoms with Crippen LogP contribution < -0.4 is 0 Å². The molecule has 0 spiro atoms. The first-order valence-corrected chi connectivity index (χ1v) is 1.99. The molecule has 0 unspecified atom stereocenters. The maximum Gasteiger partial charge on any atom is 0.0437 e. The van der Waals surface area contributed by atoms with E-state index in [0.717, 1.165) is 13.2 Å². The molecule has 0 aliphatic carbocycles. The number of hydrogen-bond donors (Lipinski definition) is 0. The predicted octanol–water partition coefficient (Wildman–Crippen LogP) is 0.281. The van der Waals surface area contributed by atoms with Crippen LogP contribution in [0.1, 0.15) is 13.8 Å². The van der Waals surface area contributed by atoms with Gasteiger partial charge in [0, 0.05) is 72.3 Å². The van der Waals surface area contributed by atoms with Gasteiger partial charge in [0.25, 0.3) is 0 Å². The van der Waals surface area contributed by atoms with E-state index in [1.54, 1.807) is 0 Å². The standard InChI is InChI=1S/C4H10O.2Na/c1-3-5-4-2;;/h3-4H2,1-2H3;;. The summed E-state index contributed by atoms with van der Waals surface area (Å²) in [6.07, 6.45) is 0. The van der Waals surface area contributed by atoms with Gasteiger partial charge in [-0.25, -0.2) is 0 Å². The summed E-state index contributed by atoms with van der Waals surface area (Å²) in [6, 6.07) is 0. The van der Waals surface area contributed by atoms with Gasteiger partial charge in [-0.3, -0.25) is 0 Å². The summed E-state index contributed by atoms with van der Waals surface area (Å²) in [6.45, 7) is 5.67. The van der Waals surface area contributed by atoms with Crippen molar-refractivity contribution in [3.05, 3.63) is 0 Å². The van der Waals surface area contributed by atoms with Gasteiger partial charge in [0.1, 0.15) is 0 Å². The predicted molar refractivity (Wildman–Crippen MR) is 33.7 cm³/mol. The van der Waals surface area contributed by atoms with Gasteiger partial charge in [-0.2, -0.15) is 0 Å². The summed E-state index contributed by atoms with van der Waals surface area (Å²) < 4.78 is 4.83. The van der Waals surface area contributed by atoms with E-state index in [9.17, 15) is 0 Å². The maximum atomic E-state index is 4.83. The summed E-state index contributed by atoms with van der Waals surface area (Å²) in [5.74, 6) is 0. The second-order valence-corrected chi connectivity index (χ2v) is 0.781. The van der Waals surface area contributed by atoms with Crippen LogP contribution >= 0.6 is 0 Å². The van der Waals surface area contributed by atoms with Crippen molar-refractivity contribution in [2.75, 3.05) is 13.2 Å². The molecule has 0 aliphatic heterocycles. The molecule has 1 nitrogen and oxygen atoms in total. The Hall–Kier alpha value is 1.96. The molecule has 0 amide bonds. The Morgan fingerprint density at radius 2 is 1.29 bits per heavy atom. The fourth-order valence-corrected chi connectivity index (χ4v) is 0.204. The molecule has 0 heterocycles. The quantitative estimate of drug-likeness (QED) is 0.475. The molecule has 0 aromatic carbocycles. The van der Waals surface area contributed by atoms with Crippen LogP contribution in [0.25, 0.3) is 0 Å². The first-order chi connectivity index (χ1) is 2.41. The molecule has 0 fully saturated rings. The Balaban J connectivity index is -0.0000000800. The van der Waals surface area contributed by atoms with E-state index in [-0.39, 0.29) is 59.1 Å². The van der Waals surface area contributed by atoms with Gasteiger partial charge in [-0.15, -0.1) is 0 Å². The van der Waals surface area contributed by atoms with Crippen LogP contribution in [-0.2, 0) is 4.74 Å². The average Bonchev–Trinajstić information content (AvgIpc) is 1.41. The minimum Gasteiger partial charge on any atom is -0.382 e. The Morgan fingerprint density at radius 3 is 1.29 bits per heavy atom. The van der Waals surface area contributed by atoms with Crippen molar-refractivity contribution >= 4 is 59.1 Å². The zero-order valence-corrected chi connectivity index (χ0v) is 9.82. The van der Waals surface area contributed by atoms with Gasteiger partial charge in [0.15, 0.2) is 0 Å². The van der Waals surface area contributed by atoms with Gasteiger partial charge in [-0.05, 0) is 13.8 Å². The molecule has 0 N–H and O–H groups in total. The maximum absolute atomic E-state index is 4.83. The van der Waals surface area contributed by atoms with Crippen molar-refractivity contribution in [2.24, 2.45) is 0 Å². The molecule has 0 aromatic rings. The minimum atomic E-state index is 0. The number of rotatable bonds is 2. The Morgan fingerprint density at radius 1 is 1.00 bits per heavy atom. The zero-order chi connectivity index (χ0) is 4.12. The normalized spacial score (nSPS) is 6.00. The van der Waals surface area contributed by atoms with Crippen LogP contribution in [0.5, 0.6) is 0 Å². The third kappa shape index (κ3) is 18.0. The van der Waals surface area contributed by atoms with E-state index in [1.807, 2.05) is 13.8 Å². The van der Waals surface area contributed by atoms with Crippen molar-refractivity contribution < 1.29 is 4.74 Å². The van der Waals surface area contributed by atoms with Crippen molar-refractivity contribution in [3.63, 3.8) is 0 Å². The molecule has 0 atom stereocenters. The summed E-state index contributed by atoms with van der Waals surface area (Å²) in [7, 11) is 0. The van der Waals surface area contributed by atoms with E-state index in [4.69, 9.17) is 4.74 Å². The van der Waals surface area contributed by atoms with Gasteiger partial charge >= 0.3 is 0 Å². The summed E-state index contributed by atoms with van der Waals surface area (Å²) in [5.41, 5.74) is 0. The third-order valence-electron chi connectivity index (χ3n) is 0.408. The van der Waals surface area contributed by atoms with Crippen LogP contribution in [0.4, 0.5) is 0 Å². The largest absolute Gasteiger partial charge is 0.382 e. The van der Waals surface area contributed by atoms with Crippen molar-refractivity contribution in [1.29, 1.82) is 0 Å². The van der Waals surface area contributed by atoms with Crippen molar-refractivity contribution in [2.45, 2.75) is 13.8 Å². The molecule has 0 aromatic heterocycles. The molecule has 0 bridgehead atoms. The monoisotopic (exact) mass is 120 g/mol. The molecule has 34 valence electrons. The summed E-state index contributed by atoms with van der Waals surface area (Å²) in [5, 5.41) is 0.